The van der Waals surface area contributed by atoms with Crippen LogP contribution in [-0.2, 0) is 19.6 Å². The van der Waals surface area contributed by atoms with Gasteiger partial charge in [-0.15, -0.1) is 0 Å². The van der Waals surface area contributed by atoms with Crippen molar-refractivity contribution in [2.24, 2.45) is 0 Å². The zero-order valence-electron chi connectivity index (χ0n) is 7.18. The summed E-state index contributed by atoms with van der Waals surface area (Å²) in [6.45, 7) is 2.54. The molecule has 2 heterocycles. The summed E-state index contributed by atoms with van der Waals surface area (Å²) in [5.41, 5.74) is 4.63. The monoisotopic (exact) mass is 174 g/mol. The lowest BCUT2D eigenvalue weighted by molar-refractivity contribution is 0.0965. The van der Waals surface area contributed by atoms with Crippen LogP contribution in [0.3, 0.4) is 0 Å². The summed E-state index contributed by atoms with van der Waals surface area (Å²) in [5.74, 6) is 0.0738. The molecule has 0 aromatic heterocycles. The van der Waals surface area contributed by atoms with Crippen molar-refractivity contribution in [1.29, 1.82) is 0 Å². The van der Waals surface area contributed by atoms with Gasteiger partial charge in [0.1, 0.15) is 0 Å². The quantitative estimate of drug-likeness (QED) is 0.602. The summed E-state index contributed by atoms with van der Waals surface area (Å²) in [6.07, 6.45) is 0. The van der Waals surface area contributed by atoms with E-state index in [0.29, 0.717) is 6.54 Å². The maximum Gasteiger partial charge on any atom is 0.251 e. The fourth-order valence-electron chi connectivity index (χ4n) is 2.03. The Bertz CT molecular complexity index is 398. The molecule has 0 aliphatic carbocycles. The predicted molar refractivity (Wildman–Crippen MR) is 48.2 cm³/mol. The maximum atomic E-state index is 11.3. The summed E-state index contributed by atoms with van der Waals surface area (Å²) < 4.78 is 0. The molecule has 2 aliphatic heterocycles. The second-order valence-corrected chi connectivity index (χ2v) is 3.56. The van der Waals surface area contributed by atoms with Gasteiger partial charge < -0.3 is 10.6 Å². The first-order valence-corrected chi connectivity index (χ1v) is 4.48. The number of hydrogen-bond donors (Lipinski definition) is 2. The van der Waals surface area contributed by atoms with E-state index in [-0.39, 0.29) is 5.91 Å². The largest absolute Gasteiger partial charge is 0.348 e. The van der Waals surface area contributed by atoms with Gasteiger partial charge in [-0.25, -0.2) is 0 Å². The van der Waals surface area contributed by atoms with E-state index in [0.717, 1.165) is 24.2 Å². The molecule has 0 atom stereocenters. The SMILES string of the molecule is O=C1NCc2cc3c(cc21)CNC3. The van der Waals surface area contributed by atoms with Crippen molar-refractivity contribution in [3.8, 4) is 0 Å². The minimum Gasteiger partial charge on any atom is -0.348 e. The molecule has 0 radical (unpaired) electrons. The van der Waals surface area contributed by atoms with E-state index in [1.165, 1.54) is 11.1 Å². The highest BCUT2D eigenvalue weighted by molar-refractivity contribution is 5.98. The number of fused-ring (bicyclic) bond motifs is 2. The van der Waals surface area contributed by atoms with E-state index in [2.05, 4.69) is 16.7 Å². The second-order valence-electron chi connectivity index (χ2n) is 3.56. The average molecular weight is 174 g/mol. The van der Waals surface area contributed by atoms with Gasteiger partial charge in [-0.1, -0.05) is 6.07 Å². The molecule has 1 aromatic rings. The Morgan fingerprint density at radius 3 is 2.62 bits per heavy atom. The molecule has 2 N–H and O–H groups in total. The van der Waals surface area contributed by atoms with Crippen molar-refractivity contribution >= 4 is 5.91 Å². The van der Waals surface area contributed by atoms with Crippen LogP contribution >= 0.6 is 0 Å². The fraction of sp³-hybridized carbons (Fsp3) is 0.300. The molecule has 13 heavy (non-hydrogen) atoms. The minimum absolute atomic E-state index is 0.0738. The van der Waals surface area contributed by atoms with Gasteiger partial charge in [0.2, 0.25) is 0 Å². The molecule has 0 bridgehead atoms. The standard InChI is InChI=1S/C10H10N2O/c13-10-9-2-7-4-11-3-6(7)1-8(9)5-12-10/h1-2,11H,3-5H2,(H,12,13). The van der Waals surface area contributed by atoms with Gasteiger partial charge >= 0.3 is 0 Å². The Kier molecular flexibility index (Phi) is 1.27. The van der Waals surface area contributed by atoms with E-state index >= 15 is 0 Å². The Morgan fingerprint density at radius 2 is 1.77 bits per heavy atom. The first-order valence-electron chi connectivity index (χ1n) is 4.48. The molecule has 0 saturated heterocycles. The molecule has 0 saturated carbocycles. The summed E-state index contributed by atoms with van der Waals surface area (Å²) >= 11 is 0. The highest BCUT2D eigenvalue weighted by Gasteiger charge is 2.22. The molecule has 0 fully saturated rings. The maximum absolute atomic E-state index is 11.3. The molecule has 3 heteroatoms. The zero-order valence-corrected chi connectivity index (χ0v) is 7.18. The third-order valence-corrected chi connectivity index (χ3v) is 2.74. The Hall–Kier alpha value is -1.35. The van der Waals surface area contributed by atoms with E-state index in [4.69, 9.17) is 0 Å². The molecule has 3 rings (SSSR count). The van der Waals surface area contributed by atoms with Crippen LogP contribution < -0.4 is 10.6 Å². The van der Waals surface area contributed by atoms with E-state index < -0.39 is 0 Å². The molecule has 3 nitrogen and oxygen atoms in total. The van der Waals surface area contributed by atoms with Crippen LogP contribution in [0.5, 0.6) is 0 Å². The predicted octanol–water partition coefficient (Wildman–Crippen LogP) is 0.533. The van der Waals surface area contributed by atoms with Crippen LogP contribution in [0.4, 0.5) is 0 Å². The van der Waals surface area contributed by atoms with Crippen LogP contribution in [0.15, 0.2) is 12.1 Å². The lowest BCUT2D eigenvalue weighted by Crippen LogP contribution is -2.12. The first-order chi connectivity index (χ1) is 6.34. The van der Waals surface area contributed by atoms with Crippen molar-refractivity contribution < 1.29 is 4.79 Å². The van der Waals surface area contributed by atoms with Crippen LogP contribution in [0.1, 0.15) is 27.0 Å². The van der Waals surface area contributed by atoms with E-state index in [9.17, 15) is 4.79 Å². The highest BCUT2D eigenvalue weighted by Crippen LogP contribution is 2.23. The van der Waals surface area contributed by atoms with Gasteiger partial charge in [-0.3, -0.25) is 4.79 Å². The number of amides is 1. The minimum atomic E-state index is 0.0738. The van der Waals surface area contributed by atoms with Gasteiger partial charge in [0.25, 0.3) is 5.91 Å². The smallest absolute Gasteiger partial charge is 0.251 e. The number of benzene rings is 1. The second kappa shape index (κ2) is 2.33. The number of nitrogens with one attached hydrogen (secondary N) is 2. The van der Waals surface area contributed by atoms with E-state index in [1.54, 1.807) is 0 Å². The van der Waals surface area contributed by atoms with Gasteiger partial charge in [-0.2, -0.15) is 0 Å². The van der Waals surface area contributed by atoms with Gasteiger partial charge in [-0.05, 0) is 22.8 Å². The molecular formula is C10H10N2O. The van der Waals surface area contributed by atoms with Crippen molar-refractivity contribution in [1.82, 2.24) is 10.6 Å². The lowest BCUT2D eigenvalue weighted by atomic mass is 10.0. The van der Waals surface area contributed by atoms with Crippen LogP contribution in [0.2, 0.25) is 0 Å². The first kappa shape index (κ1) is 7.09. The topological polar surface area (TPSA) is 41.1 Å². The van der Waals surface area contributed by atoms with Crippen molar-refractivity contribution in [3.63, 3.8) is 0 Å². The Balaban J connectivity index is 2.22. The summed E-state index contributed by atoms with van der Waals surface area (Å²) in [4.78, 5) is 11.3. The molecule has 66 valence electrons. The fourth-order valence-corrected chi connectivity index (χ4v) is 2.03. The Labute approximate surface area is 76.1 Å². The van der Waals surface area contributed by atoms with Crippen LogP contribution in [-0.4, -0.2) is 5.91 Å². The van der Waals surface area contributed by atoms with Crippen molar-refractivity contribution in [2.45, 2.75) is 19.6 Å². The number of carbonyl (C=O) groups excluding carboxylic acids is 1. The van der Waals surface area contributed by atoms with Gasteiger partial charge in [0, 0.05) is 25.2 Å². The van der Waals surface area contributed by atoms with Crippen LogP contribution in [0.25, 0.3) is 0 Å². The molecular weight excluding hydrogens is 164 g/mol. The lowest BCUT2D eigenvalue weighted by Gasteiger charge is -2.00. The van der Waals surface area contributed by atoms with E-state index in [1.807, 2.05) is 6.07 Å². The summed E-state index contributed by atoms with van der Waals surface area (Å²) in [7, 11) is 0. The number of rotatable bonds is 0. The number of carbonyl (C=O) groups is 1. The van der Waals surface area contributed by atoms with Gasteiger partial charge in [0.05, 0.1) is 0 Å². The molecule has 1 aromatic carbocycles. The number of hydrogen-bond acceptors (Lipinski definition) is 2. The highest BCUT2D eigenvalue weighted by atomic mass is 16.1. The molecule has 0 spiro atoms. The molecule has 2 aliphatic rings. The summed E-state index contributed by atoms with van der Waals surface area (Å²) in [5, 5.41) is 6.10. The van der Waals surface area contributed by atoms with Crippen molar-refractivity contribution in [3.05, 3.63) is 34.4 Å². The normalized spacial score (nSPS) is 18.3. The Morgan fingerprint density at radius 1 is 1.00 bits per heavy atom. The van der Waals surface area contributed by atoms with Crippen molar-refractivity contribution in [2.75, 3.05) is 0 Å². The third kappa shape index (κ3) is 0.906. The van der Waals surface area contributed by atoms with Crippen LogP contribution in [0, 0.1) is 0 Å². The summed E-state index contributed by atoms with van der Waals surface area (Å²) in [6, 6.07) is 4.16. The molecule has 1 amide bonds. The van der Waals surface area contributed by atoms with Gasteiger partial charge in [0.15, 0.2) is 0 Å². The average Bonchev–Trinajstić information content (AvgIpc) is 2.70. The zero-order chi connectivity index (χ0) is 8.84. The molecule has 0 unspecified atom stereocenters. The third-order valence-electron chi connectivity index (χ3n) is 2.74.